The first-order valence-electron chi connectivity index (χ1n) is 7.04. The average Bonchev–Trinajstić information content (AvgIpc) is 2.90. The number of para-hydroxylation sites is 1. The molecule has 0 saturated heterocycles. The van der Waals surface area contributed by atoms with Gasteiger partial charge >= 0.3 is 0 Å². The Bertz CT molecular complexity index is 892. The van der Waals surface area contributed by atoms with Crippen molar-refractivity contribution in [2.75, 3.05) is 7.05 Å². The van der Waals surface area contributed by atoms with Gasteiger partial charge in [-0.1, -0.05) is 18.2 Å². The second-order valence-electron chi connectivity index (χ2n) is 5.36. The topological polar surface area (TPSA) is 58.1 Å². The van der Waals surface area contributed by atoms with E-state index >= 15 is 0 Å². The Balaban J connectivity index is 1.98. The van der Waals surface area contributed by atoms with Crippen LogP contribution >= 0.6 is 0 Å². The molecule has 1 amide bonds. The van der Waals surface area contributed by atoms with Crippen molar-refractivity contribution >= 4 is 16.8 Å². The normalized spacial score (nSPS) is 10.8. The number of hydrogen-bond donors (Lipinski definition) is 1. The molecule has 0 aliphatic carbocycles. The van der Waals surface area contributed by atoms with Crippen molar-refractivity contribution in [3.8, 4) is 0 Å². The smallest absolute Gasteiger partial charge is 0.254 e. The molecule has 22 heavy (non-hydrogen) atoms. The lowest BCUT2D eigenvalue weighted by Gasteiger charge is -2.18. The van der Waals surface area contributed by atoms with E-state index in [1.165, 1.54) is 6.07 Å². The van der Waals surface area contributed by atoms with E-state index in [-0.39, 0.29) is 11.5 Å². The molecule has 0 radical (unpaired) electrons. The zero-order valence-corrected chi connectivity index (χ0v) is 12.5. The number of carbonyl (C=O) groups is 1. The number of H-pyrrole nitrogens is 1. The molecule has 0 atom stereocenters. The van der Waals surface area contributed by atoms with E-state index in [9.17, 15) is 9.59 Å². The van der Waals surface area contributed by atoms with Crippen molar-refractivity contribution in [3.05, 3.63) is 70.3 Å². The Hall–Kier alpha value is -2.82. The fraction of sp³-hybridized carbons (Fsp3) is 0.176. The Morgan fingerprint density at radius 2 is 2.00 bits per heavy atom. The summed E-state index contributed by atoms with van der Waals surface area (Å²) in [7, 11) is 3.68. The van der Waals surface area contributed by atoms with Gasteiger partial charge in [-0.3, -0.25) is 9.59 Å². The summed E-state index contributed by atoms with van der Waals surface area (Å²) in [6, 6.07) is 12.6. The summed E-state index contributed by atoms with van der Waals surface area (Å²) in [5, 5.41) is 0.755. The molecule has 0 unspecified atom stereocenters. The number of amides is 1. The minimum Gasteiger partial charge on any atom is -0.353 e. The molecule has 5 nitrogen and oxygen atoms in total. The minimum atomic E-state index is -0.269. The molecule has 0 aliphatic heterocycles. The number of fused-ring (bicyclic) bond motifs is 1. The summed E-state index contributed by atoms with van der Waals surface area (Å²) in [6.45, 7) is 0.490. The number of nitrogens with one attached hydrogen (secondary N) is 1. The monoisotopic (exact) mass is 295 g/mol. The van der Waals surface area contributed by atoms with Crippen molar-refractivity contribution in [1.29, 1.82) is 0 Å². The zero-order valence-electron chi connectivity index (χ0n) is 12.5. The maximum Gasteiger partial charge on any atom is 0.254 e. The highest BCUT2D eigenvalue weighted by Gasteiger charge is 2.16. The molecule has 2 heterocycles. The van der Waals surface area contributed by atoms with Gasteiger partial charge in [0, 0.05) is 43.0 Å². The number of pyridine rings is 1. The number of nitrogens with zero attached hydrogens (tertiary/aromatic N) is 2. The summed E-state index contributed by atoms with van der Waals surface area (Å²) < 4.78 is 1.97. The largest absolute Gasteiger partial charge is 0.353 e. The van der Waals surface area contributed by atoms with Gasteiger partial charge < -0.3 is 14.5 Å². The van der Waals surface area contributed by atoms with Gasteiger partial charge in [-0.05, 0) is 18.2 Å². The van der Waals surface area contributed by atoms with Gasteiger partial charge in [-0.2, -0.15) is 0 Å². The molecule has 112 valence electrons. The molecular weight excluding hydrogens is 278 g/mol. The van der Waals surface area contributed by atoms with Crippen LogP contribution < -0.4 is 5.56 Å². The highest BCUT2D eigenvalue weighted by atomic mass is 16.2. The first-order chi connectivity index (χ1) is 10.6. The molecule has 2 aromatic heterocycles. The number of rotatable bonds is 3. The van der Waals surface area contributed by atoms with Crippen LogP contribution in [0.2, 0.25) is 0 Å². The van der Waals surface area contributed by atoms with Crippen LogP contribution in [0.15, 0.2) is 53.5 Å². The van der Waals surface area contributed by atoms with E-state index < -0.39 is 0 Å². The van der Waals surface area contributed by atoms with Crippen LogP contribution in [-0.4, -0.2) is 27.4 Å². The van der Waals surface area contributed by atoms with E-state index in [1.54, 1.807) is 18.0 Å². The molecule has 0 spiro atoms. The second-order valence-corrected chi connectivity index (χ2v) is 5.36. The third-order valence-electron chi connectivity index (χ3n) is 3.78. The summed E-state index contributed by atoms with van der Waals surface area (Å²) in [5.41, 5.74) is 1.86. The predicted molar refractivity (Wildman–Crippen MR) is 85.8 cm³/mol. The molecule has 1 N–H and O–H groups in total. The maximum absolute atomic E-state index is 12.7. The number of aryl methyl sites for hydroxylation is 1. The van der Waals surface area contributed by atoms with E-state index in [4.69, 9.17) is 0 Å². The lowest BCUT2D eigenvalue weighted by Crippen LogP contribution is -2.28. The fourth-order valence-electron chi connectivity index (χ4n) is 2.56. The van der Waals surface area contributed by atoms with Gasteiger partial charge in [0.15, 0.2) is 0 Å². The van der Waals surface area contributed by atoms with E-state index in [2.05, 4.69) is 4.98 Å². The Kier molecular flexibility index (Phi) is 3.55. The van der Waals surface area contributed by atoms with Crippen molar-refractivity contribution in [2.45, 2.75) is 6.54 Å². The van der Waals surface area contributed by atoms with Crippen LogP contribution in [0.1, 0.15) is 16.1 Å². The van der Waals surface area contributed by atoms with Gasteiger partial charge in [0.2, 0.25) is 5.56 Å². The fourth-order valence-corrected chi connectivity index (χ4v) is 2.56. The summed E-state index contributed by atoms with van der Waals surface area (Å²) >= 11 is 0. The van der Waals surface area contributed by atoms with Crippen LogP contribution in [-0.2, 0) is 13.6 Å². The van der Waals surface area contributed by atoms with Crippen molar-refractivity contribution in [1.82, 2.24) is 14.5 Å². The first kappa shape index (κ1) is 14.1. The van der Waals surface area contributed by atoms with Crippen molar-refractivity contribution in [3.63, 3.8) is 0 Å². The van der Waals surface area contributed by atoms with Gasteiger partial charge in [0.25, 0.3) is 5.91 Å². The van der Waals surface area contributed by atoms with Crippen LogP contribution in [0.5, 0.6) is 0 Å². The molecule has 0 bridgehead atoms. The molecule has 0 aliphatic rings. The summed E-state index contributed by atoms with van der Waals surface area (Å²) in [6.07, 6.45) is 1.94. The Morgan fingerprint density at radius 3 is 2.73 bits per heavy atom. The quantitative estimate of drug-likeness (QED) is 0.805. The SMILES string of the molecule is CN(Cc1cccn1C)C(=O)c1cc(=O)[nH]c2ccccc12. The van der Waals surface area contributed by atoms with Gasteiger partial charge in [-0.25, -0.2) is 0 Å². The van der Waals surface area contributed by atoms with Crippen LogP contribution in [0, 0.1) is 0 Å². The molecule has 5 heteroatoms. The zero-order chi connectivity index (χ0) is 15.7. The van der Waals surface area contributed by atoms with E-state index in [0.29, 0.717) is 17.6 Å². The van der Waals surface area contributed by atoms with Crippen LogP contribution in [0.4, 0.5) is 0 Å². The second kappa shape index (κ2) is 5.52. The number of benzene rings is 1. The standard InChI is InChI=1S/C17H17N3O2/c1-19-9-5-6-12(19)11-20(2)17(22)14-10-16(21)18-15-8-4-3-7-13(14)15/h3-10H,11H2,1-2H3,(H,18,21). The lowest BCUT2D eigenvalue weighted by molar-refractivity contribution is 0.0784. The van der Waals surface area contributed by atoms with Gasteiger partial charge in [0.05, 0.1) is 12.1 Å². The van der Waals surface area contributed by atoms with E-state index in [0.717, 1.165) is 11.1 Å². The van der Waals surface area contributed by atoms with Crippen molar-refractivity contribution < 1.29 is 4.79 Å². The minimum absolute atomic E-state index is 0.163. The average molecular weight is 295 g/mol. The summed E-state index contributed by atoms with van der Waals surface area (Å²) in [5.74, 6) is -0.163. The molecule has 3 aromatic rings. The molecular formula is C17H17N3O2. The number of aromatic nitrogens is 2. The molecule has 0 fully saturated rings. The number of hydrogen-bond acceptors (Lipinski definition) is 2. The highest BCUT2D eigenvalue weighted by Crippen LogP contribution is 2.17. The van der Waals surface area contributed by atoms with Crippen molar-refractivity contribution in [2.24, 2.45) is 7.05 Å². The first-order valence-corrected chi connectivity index (χ1v) is 7.04. The third-order valence-corrected chi connectivity index (χ3v) is 3.78. The molecule has 1 aromatic carbocycles. The van der Waals surface area contributed by atoms with E-state index in [1.807, 2.05) is 48.1 Å². The molecule has 0 saturated carbocycles. The van der Waals surface area contributed by atoms with Crippen LogP contribution in [0.3, 0.4) is 0 Å². The Labute approximate surface area is 127 Å². The number of aromatic amines is 1. The van der Waals surface area contributed by atoms with Crippen LogP contribution in [0.25, 0.3) is 10.9 Å². The maximum atomic E-state index is 12.7. The molecule has 3 rings (SSSR count). The van der Waals surface area contributed by atoms with Gasteiger partial charge in [0.1, 0.15) is 0 Å². The summed E-state index contributed by atoms with van der Waals surface area (Å²) in [4.78, 5) is 28.9. The number of carbonyl (C=O) groups excluding carboxylic acids is 1. The highest BCUT2D eigenvalue weighted by molar-refractivity contribution is 6.05. The lowest BCUT2D eigenvalue weighted by atomic mass is 10.1. The third kappa shape index (κ3) is 2.53. The Morgan fingerprint density at radius 1 is 1.23 bits per heavy atom. The predicted octanol–water partition coefficient (Wildman–Crippen LogP) is 2.14. The van der Waals surface area contributed by atoms with Gasteiger partial charge in [-0.15, -0.1) is 0 Å².